The quantitative estimate of drug-likeness (QED) is 0.529. The standard InChI is InChI=1S/C24H18FNO5S/c1-3-9-31-18-11-13(7-8-17(18)30-2)16-12-19(27)26-21-20(14-5-4-6-15(25)10-14)23(24(28)29)32-22(16)21/h1,4-8,10-11,16H,9,12H2,2H3,(H,26,27)(H,28,29). The van der Waals surface area contributed by atoms with Gasteiger partial charge in [0.25, 0.3) is 0 Å². The molecule has 1 amide bonds. The van der Waals surface area contributed by atoms with Gasteiger partial charge in [-0.1, -0.05) is 24.1 Å². The fraction of sp³-hybridized carbons (Fsp3) is 0.167. The molecule has 6 nitrogen and oxygen atoms in total. The van der Waals surface area contributed by atoms with E-state index < -0.39 is 17.7 Å². The van der Waals surface area contributed by atoms with Gasteiger partial charge in [0.1, 0.15) is 17.3 Å². The van der Waals surface area contributed by atoms with Crippen molar-refractivity contribution in [3.8, 4) is 35.0 Å². The number of aromatic carboxylic acids is 1. The largest absolute Gasteiger partial charge is 0.493 e. The summed E-state index contributed by atoms with van der Waals surface area (Å²) in [6.07, 6.45) is 5.42. The van der Waals surface area contributed by atoms with Crippen molar-refractivity contribution in [3.63, 3.8) is 0 Å². The second-order valence-corrected chi connectivity index (χ2v) is 8.12. The van der Waals surface area contributed by atoms with Gasteiger partial charge in [0, 0.05) is 22.8 Å². The Kier molecular flexibility index (Phi) is 5.84. The highest BCUT2D eigenvalue weighted by atomic mass is 32.1. The second kappa shape index (κ2) is 8.73. The third-order valence-corrected chi connectivity index (χ3v) is 6.41. The SMILES string of the molecule is C#CCOc1cc(C2CC(=O)Nc3c2sc(C(=O)O)c3-c2cccc(F)c2)ccc1OC. The molecule has 162 valence electrons. The topological polar surface area (TPSA) is 84.9 Å². The zero-order valence-electron chi connectivity index (χ0n) is 17.0. The molecule has 0 bridgehead atoms. The van der Waals surface area contributed by atoms with Gasteiger partial charge in [0.05, 0.1) is 12.8 Å². The fourth-order valence-corrected chi connectivity index (χ4v) is 5.01. The summed E-state index contributed by atoms with van der Waals surface area (Å²) in [5, 5.41) is 12.6. The van der Waals surface area contributed by atoms with E-state index in [0.29, 0.717) is 33.2 Å². The molecular formula is C24H18FNO5S. The predicted molar refractivity (Wildman–Crippen MR) is 119 cm³/mol. The number of thiophene rings is 1. The Balaban J connectivity index is 1.88. The maximum absolute atomic E-state index is 13.9. The van der Waals surface area contributed by atoms with Crippen LogP contribution < -0.4 is 14.8 Å². The van der Waals surface area contributed by atoms with Crippen molar-refractivity contribution in [1.82, 2.24) is 0 Å². The monoisotopic (exact) mass is 451 g/mol. The first-order valence-electron chi connectivity index (χ1n) is 9.63. The van der Waals surface area contributed by atoms with E-state index in [1.807, 2.05) is 0 Å². The van der Waals surface area contributed by atoms with E-state index in [0.717, 1.165) is 16.9 Å². The molecular weight excluding hydrogens is 433 g/mol. The number of carboxylic acids is 1. The van der Waals surface area contributed by atoms with Crippen LogP contribution in [0.1, 0.15) is 32.5 Å². The molecule has 4 rings (SSSR count). The number of rotatable bonds is 6. The molecule has 0 saturated heterocycles. The first-order chi connectivity index (χ1) is 15.4. The van der Waals surface area contributed by atoms with Crippen LogP contribution in [0.4, 0.5) is 10.1 Å². The molecule has 0 spiro atoms. The van der Waals surface area contributed by atoms with E-state index in [1.54, 1.807) is 24.3 Å². The Morgan fingerprint density at radius 1 is 1.31 bits per heavy atom. The average Bonchev–Trinajstić information content (AvgIpc) is 3.16. The Hall–Kier alpha value is -3.83. The number of methoxy groups -OCH3 is 1. The number of hydrogen-bond acceptors (Lipinski definition) is 5. The van der Waals surface area contributed by atoms with Crippen LogP contribution in [0.15, 0.2) is 42.5 Å². The maximum atomic E-state index is 13.9. The Morgan fingerprint density at radius 3 is 2.81 bits per heavy atom. The lowest BCUT2D eigenvalue weighted by Gasteiger charge is -2.24. The van der Waals surface area contributed by atoms with E-state index in [-0.39, 0.29) is 23.8 Å². The molecule has 2 heterocycles. The van der Waals surface area contributed by atoms with Crippen molar-refractivity contribution in [2.75, 3.05) is 19.0 Å². The van der Waals surface area contributed by atoms with Crippen LogP contribution in [0.3, 0.4) is 0 Å². The number of carbonyl (C=O) groups excluding carboxylic acids is 1. The van der Waals surface area contributed by atoms with Gasteiger partial charge in [-0.05, 0) is 35.4 Å². The highest BCUT2D eigenvalue weighted by Gasteiger charge is 2.35. The van der Waals surface area contributed by atoms with E-state index in [4.69, 9.17) is 15.9 Å². The smallest absolute Gasteiger partial charge is 0.346 e. The Bertz CT molecular complexity index is 1260. The number of carboxylic acid groups (broad SMARTS) is 1. The number of terminal acetylenes is 1. The van der Waals surface area contributed by atoms with Gasteiger partial charge in [-0.15, -0.1) is 17.8 Å². The normalized spacial score (nSPS) is 14.8. The predicted octanol–water partition coefficient (Wildman–Crippen LogP) is 4.75. The van der Waals surface area contributed by atoms with Crippen LogP contribution in [0.25, 0.3) is 11.1 Å². The first kappa shape index (κ1) is 21.4. The number of fused-ring (bicyclic) bond motifs is 1. The highest BCUT2D eigenvalue weighted by molar-refractivity contribution is 7.15. The van der Waals surface area contributed by atoms with Crippen LogP contribution in [-0.2, 0) is 4.79 Å². The molecule has 8 heteroatoms. The Morgan fingerprint density at radius 2 is 2.12 bits per heavy atom. The summed E-state index contributed by atoms with van der Waals surface area (Å²) < 4.78 is 24.8. The zero-order valence-corrected chi connectivity index (χ0v) is 17.8. The molecule has 1 aliphatic rings. The van der Waals surface area contributed by atoms with Crippen molar-refractivity contribution in [2.45, 2.75) is 12.3 Å². The second-order valence-electron chi connectivity index (χ2n) is 7.07. The molecule has 1 unspecified atom stereocenters. The average molecular weight is 451 g/mol. The number of amides is 1. The molecule has 0 saturated carbocycles. The molecule has 0 radical (unpaired) electrons. The van der Waals surface area contributed by atoms with Gasteiger partial charge in [-0.3, -0.25) is 4.79 Å². The minimum Gasteiger partial charge on any atom is -0.493 e. The molecule has 32 heavy (non-hydrogen) atoms. The number of benzene rings is 2. The molecule has 2 aromatic carbocycles. The summed E-state index contributed by atoms with van der Waals surface area (Å²) in [4.78, 5) is 25.3. The summed E-state index contributed by atoms with van der Waals surface area (Å²) in [6.45, 7) is 0.0437. The molecule has 1 aromatic heterocycles. The van der Waals surface area contributed by atoms with E-state index >= 15 is 0 Å². The summed E-state index contributed by atoms with van der Waals surface area (Å²) in [5.41, 5.74) is 1.82. The van der Waals surface area contributed by atoms with Gasteiger partial charge < -0.3 is 19.9 Å². The lowest BCUT2D eigenvalue weighted by atomic mass is 9.88. The van der Waals surface area contributed by atoms with E-state index in [2.05, 4.69) is 11.2 Å². The molecule has 0 fully saturated rings. The molecule has 1 atom stereocenters. The van der Waals surface area contributed by atoms with Crippen LogP contribution >= 0.6 is 11.3 Å². The fourth-order valence-electron chi connectivity index (χ4n) is 3.77. The van der Waals surface area contributed by atoms with E-state index in [9.17, 15) is 19.1 Å². The molecule has 3 aromatic rings. The van der Waals surface area contributed by atoms with Crippen molar-refractivity contribution >= 4 is 28.9 Å². The molecule has 0 aliphatic carbocycles. The van der Waals surface area contributed by atoms with Gasteiger partial charge >= 0.3 is 5.97 Å². The summed E-state index contributed by atoms with van der Waals surface area (Å²) in [6, 6.07) is 10.9. The summed E-state index contributed by atoms with van der Waals surface area (Å²) >= 11 is 1.07. The number of hydrogen-bond donors (Lipinski definition) is 2. The number of nitrogens with one attached hydrogen (secondary N) is 1. The molecule has 2 N–H and O–H groups in total. The highest BCUT2D eigenvalue weighted by Crippen LogP contribution is 2.50. The Labute approximate surface area is 187 Å². The van der Waals surface area contributed by atoms with Crippen LogP contribution in [0.5, 0.6) is 11.5 Å². The number of halogens is 1. The lowest BCUT2D eigenvalue weighted by Crippen LogP contribution is -2.22. The summed E-state index contributed by atoms with van der Waals surface area (Å²) in [5.74, 6) is 0.988. The number of carbonyl (C=O) groups is 2. The third-order valence-electron chi connectivity index (χ3n) is 5.11. The van der Waals surface area contributed by atoms with Gasteiger partial charge in [0.15, 0.2) is 11.5 Å². The van der Waals surface area contributed by atoms with E-state index in [1.165, 1.54) is 25.3 Å². The van der Waals surface area contributed by atoms with Crippen LogP contribution in [0.2, 0.25) is 0 Å². The number of ether oxygens (including phenoxy) is 2. The number of anilines is 1. The van der Waals surface area contributed by atoms with Crippen LogP contribution in [0, 0.1) is 18.2 Å². The van der Waals surface area contributed by atoms with Gasteiger partial charge in [0.2, 0.25) is 5.91 Å². The lowest BCUT2D eigenvalue weighted by molar-refractivity contribution is -0.116. The van der Waals surface area contributed by atoms with Crippen molar-refractivity contribution in [1.29, 1.82) is 0 Å². The molecule has 1 aliphatic heterocycles. The summed E-state index contributed by atoms with van der Waals surface area (Å²) in [7, 11) is 1.51. The van der Waals surface area contributed by atoms with Gasteiger partial charge in [-0.2, -0.15) is 0 Å². The minimum atomic E-state index is -1.15. The third kappa shape index (κ3) is 3.90. The first-order valence-corrected chi connectivity index (χ1v) is 10.4. The van der Waals surface area contributed by atoms with Crippen molar-refractivity contribution < 1.29 is 28.6 Å². The maximum Gasteiger partial charge on any atom is 0.346 e. The van der Waals surface area contributed by atoms with Crippen molar-refractivity contribution in [3.05, 3.63) is 63.6 Å². The van der Waals surface area contributed by atoms with Crippen LogP contribution in [-0.4, -0.2) is 30.7 Å². The van der Waals surface area contributed by atoms with Crippen molar-refractivity contribution in [2.24, 2.45) is 0 Å². The van der Waals surface area contributed by atoms with Gasteiger partial charge in [-0.25, -0.2) is 9.18 Å². The zero-order chi connectivity index (χ0) is 22.8. The minimum absolute atomic E-state index is 0.0325.